The van der Waals surface area contributed by atoms with E-state index >= 15 is 0 Å². The van der Waals surface area contributed by atoms with Crippen molar-refractivity contribution in [2.75, 3.05) is 31.6 Å². The largest absolute Gasteiger partial charge is 0.396 e. The van der Waals surface area contributed by atoms with E-state index in [1.165, 1.54) is 22.8 Å². The number of aliphatic hydroxyl groups is 1. The molecule has 3 rings (SSSR count). The molecule has 7 nitrogen and oxygen atoms in total. The van der Waals surface area contributed by atoms with Crippen LogP contribution < -0.4 is 16.6 Å². The van der Waals surface area contributed by atoms with Crippen molar-refractivity contribution in [3.63, 3.8) is 0 Å². The molecule has 138 valence electrons. The van der Waals surface area contributed by atoms with Crippen LogP contribution in [0.15, 0.2) is 47.4 Å². The molecule has 1 aromatic carbocycles. The Morgan fingerprint density at radius 3 is 2.77 bits per heavy atom. The van der Waals surface area contributed by atoms with Gasteiger partial charge < -0.3 is 16.2 Å². The van der Waals surface area contributed by atoms with Gasteiger partial charge in [0, 0.05) is 50.0 Å². The molecule has 0 saturated carbocycles. The highest BCUT2D eigenvalue weighted by Crippen LogP contribution is 2.19. The number of carbonyl (C=O) groups excluding carboxylic acids is 1. The van der Waals surface area contributed by atoms with E-state index in [1.54, 1.807) is 24.4 Å². The number of benzene rings is 1. The zero-order valence-corrected chi connectivity index (χ0v) is 14.1. The van der Waals surface area contributed by atoms with E-state index in [4.69, 9.17) is 5.73 Å². The fourth-order valence-electron chi connectivity index (χ4n) is 3.10. The fraction of sp³-hybridized carbons (Fsp3) is 0.333. The Balaban J connectivity index is 1.66. The molecule has 0 bridgehead atoms. The van der Waals surface area contributed by atoms with Crippen molar-refractivity contribution in [3.8, 4) is 5.69 Å². The molecule has 2 aromatic rings. The van der Waals surface area contributed by atoms with Crippen LogP contribution in [0.25, 0.3) is 5.69 Å². The van der Waals surface area contributed by atoms with Gasteiger partial charge in [-0.3, -0.25) is 19.1 Å². The molecule has 1 amide bonds. The van der Waals surface area contributed by atoms with Gasteiger partial charge in [0.25, 0.3) is 5.56 Å². The van der Waals surface area contributed by atoms with Crippen molar-refractivity contribution in [1.29, 1.82) is 0 Å². The number of amides is 1. The highest BCUT2D eigenvalue weighted by molar-refractivity contribution is 5.92. The van der Waals surface area contributed by atoms with Crippen LogP contribution in [0.4, 0.5) is 10.1 Å². The first kappa shape index (κ1) is 18.2. The number of hydrogen-bond acceptors (Lipinski definition) is 5. The number of aromatic nitrogens is 1. The molecule has 1 fully saturated rings. The fourth-order valence-corrected chi connectivity index (χ4v) is 3.10. The summed E-state index contributed by atoms with van der Waals surface area (Å²) in [7, 11) is 0. The van der Waals surface area contributed by atoms with Crippen molar-refractivity contribution >= 4 is 11.6 Å². The predicted molar refractivity (Wildman–Crippen MR) is 95.6 cm³/mol. The molecule has 1 saturated heterocycles. The number of nitrogens with two attached hydrogens (primary N) is 1. The normalized spacial score (nSPS) is 20.3. The SMILES string of the molecule is N[C@H]1CN(CC(=O)Nc2ccc(-n3ccccc3=O)cc2F)C[C@@H]1CO. The van der Waals surface area contributed by atoms with Gasteiger partial charge in [-0.25, -0.2) is 4.39 Å². The van der Waals surface area contributed by atoms with E-state index in [2.05, 4.69) is 5.32 Å². The molecule has 0 unspecified atom stereocenters. The monoisotopic (exact) mass is 360 g/mol. The summed E-state index contributed by atoms with van der Waals surface area (Å²) < 4.78 is 15.6. The van der Waals surface area contributed by atoms with Gasteiger partial charge in [0.05, 0.1) is 17.9 Å². The van der Waals surface area contributed by atoms with Gasteiger partial charge in [0.15, 0.2) is 0 Å². The summed E-state index contributed by atoms with van der Waals surface area (Å²) in [6.07, 6.45) is 1.55. The summed E-state index contributed by atoms with van der Waals surface area (Å²) in [6.45, 7) is 1.10. The lowest BCUT2D eigenvalue weighted by atomic mass is 10.1. The average molecular weight is 360 g/mol. The number of anilines is 1. The van der Waals surface area contributed by atoms with Gasteiger partial charge in [0.2, 0.25) is 5.91 Å². The van der Waals surface area contributed by atoms with Crippen molar-refractivity contribution in [2.24, 2.45) is 11.7 Å². The molecule has 0 aliphatic carbocycles. The number of aliphatic hydroxyl groups excluding tert-OH is 1. The molecule has 1 aliphatic heterocycles. The van der Waals surface area contributed by atoms with Crippen LogP contribution in [-0.4, -0.2) is 52.8 Å². The third-order valence-electron chi connectivity index (χ3n) is 4.50. The first-order valence-electron chi connectivity index (χ1n) is 8.34. The Hall–Kier alpha value is -2.55. The van der Waals surface area contributed by atoms with E-state index < -0.39 is 5.82 Å². The zero-order chi connectivity index (χ0) is 18.7. The van der Waals surface area contributed by atoms with Gasteiger partial charge in [-0.2, -0.15) is 0 Å². The second-order valence-corrected chi connectivity index (χ2v) is 6.42. The molecule has 1 aromatic heterocycles. The first-order valence-corrected chi connectivity index (χ1v) is 8.34. The molecule has 4 N–H and O–H groups in total. The Labute approximate surface area is 149 Å². The molecule has 8 heteroatoms. The lowest BCUT2D eigenvalue weighted by Gasteiger charge is -2.15. The third-order valence-corrected chi connectivity index (χ3v) is 4.50. The second-order valence-electron chi connectivity index (χ2n) is 6.42. The van der Waals surface area contributed by atoms with Crippen LogP contribution in [0.3, 0.4) is 0 Å². The van der Waals surface area contributed by atoms with Gasteiger partial charge in [0.1, 0.15) is 5.82 Å². The first-order chi connectivity index (χ1) is 12.5. The minimum absolute atomic E-state index is 0.0196. The predicted octanol–water partition coefficient (Wildman–Crippen LogP) is 0.166. The van der Waals surface area contributed by atoms with Crippen molar-refractivity contribution in [3.05, 3.63) is 58.8 Å². The maximum atomic E-state index is 14.3. The molecule has 2 heterocycles. The lowest BCUT2D eigenvalue weighted by Crippen LogP contribution is -2.34. The molecule has 0 spiro atoms. The van der Waals surface area contributed by atoms with E-state index in [0.717, 1.165) is 0 Å². The molecule has 1 aliphatic rings. The quantitative estimate of drug-likeness (QED) is 0.706. The Kier molecular flexibility index (Phi) is 5.46. The van der Waals surface area contributed by atoms with Crippen LogP contribution in [0, 0.1) is 11.7 Å². The highest BCUT2D eigenvalue weighted by Gasteiger charge is 2.30. The summed E-state index contributed by atoms with van der Waals surface area (Å²) in [5.41, 5.74) is 6.05. The number of likely N-dealkylation sites (tertiary alicyclic amines) is 1. The standard InChI is InChI=1S/C18H21FN4O3/c19-14-7-13(23-6-2-1-3-18(23)26)4-5-16(14)21-17(25)10-22-8-12(11-24)15(20)9-22/h1-7,12,15,24H,8-11,20H2,(H,21,25)/t12-,15+/m1/s1. The van der Waals surface area contributed by atoms with Crippen molar-refractivity contribution in [2.45, 2.75) is 6.04 Å². The maximum Gasteiger partial charge on any atom is 0.255 e. The molecule has 26 heavy (non-hydrogen) atoms. The van der Waals surface area contributed by atoms with Gasteiger partial charge in [-0.05, 0) is 18.2 Å². The van der Waals surface area contributed by atoms with Gasteiger partial charge in [-0.15, -0.1) is 0 Å². The lowest BCUT2D eigenvalue weighted by molar-refractivity contribution is -0.117. The second kappa shape index (κ2) is 7.77. The number of hydrogen-bond donors (Lipinski definition) is 3. The number of pyridine rings is 1. The van der Waals surface area contributed by atoms with E-state index in [9.17, 15) is 19.1 Å². The van der Waals surface area contributed by atoms with E-state index in [-0.39, 0.29) is 42.3 Å². The zero-order valence-electron chi connectivity index (χ0n) is 14.1. The summed E-state index contributed by atoms with van der Waals surface area (Å²) in [6, 6.07) is 8.68. The van der Waals surface area contributed by atoms with Crippen LogP contribution in [0.1, 0.15) is 0 Å². The smallest absolute Gasteiger partial charge is 0.255 e. The summed E-state index contributed by atoms with van der Waals surface area (Å²) in [4.78, 5) is 25.8. The average Bonchev–Trinajstić information content (AvgIpc) is 2.96. The topological polar surface area (TPSA) is 101 Å². The highest BCUT2D eigenvalue weighted by atomic mass is 19.1. The van der Waals surface area contributed by atoms with Crippen molar-refractivity contribution in [1.82, 2.24) is 9.47 Å². The Morgan fingerprint density at radius 1 is 1.31 bits per heavy atom. The Bertz CT molecular complexity index is 854. The Morgan fingerprint density at radius 2 is 2.12 bits per heavy atom. The summed E-state index contributed by atoms with van der Waals surface area (Å²) >= 11 is 0. The summed E-state index contributed by atoms with van der Waals surface area (Å²) in [5, 5.41) is 11.8. The number of halogens is 1. The molecule has 2 atom stereocenters. The maximum absolute atomic E-state index is 14.3. The number of rotatable bonds is 5. The number of nitrogens with one attached hydrogen (secondary N) is 1. The van der Waals surface area contributed by atoms with Crippen LogP contribution in [0.2, 0.25) is 0 Å². The minimum Gasteiger partial charge on any atom is -0.396 e. The van der Waals surface area contributed by atoms with E-state index in [1.807, 2.05) is 4.90 Å². The number of nitrogens with zero attached hydrogens (tertiary/aromatic N) is 2. The number of carbonyl (C=O) groups is 1. The van der Waals surface area contributed by atoms with Crippen LogP contribution >= 0.6 is 0 Å². The van der Waals surface area contributed by atoms with E-state index in [0.29, 0.717) is 18.8 Å². The summed E-state index contributed by atoms with van der Waals surface area (Å²) in [5.74, 6) is -1.04. The third kappa shape index (κ3) is 3.98. The van der Waals surface area contributed by atoms with Crippen molar-refractivity contribution < 1.29 is 14.3 Å². The minimum atomic E-state index is -0.627. The van der Waals surface area contributed by atoms with Gasteiger partial charge in [-0.1, -0.05) is 6.07 Å². The molecule has 0 radical (unpaired) electrons. The molecular formula is C18H21FN4O3. The van der Waals surface area contributed by atoms with Gasteiger partial charge >= 0.3 is 0 Å². The van der Waals surface area contributed by atoms with Crippen LogP contribution in [0.5, 0.6) is 0 Å². The van der Waals surface area contributed by atoms with Crippen LogP contribution in [-0.2, 0) is 4.79 Å². The molecular weight excluding hydrogens is 339 g/mol.